The second-order valence-electron chi connectivity index (χ2n) is 6.86. The van der Waals surface area contributed by atoms with Crippen LogP contribution >= 0.6 is 0 Å². The van der Waals surface area contributed by atoms with Gasteiger partial charge in [0.1, 0.15) is 12.6 Å². The fourth-order valence-electron chi connectivity index (χ4n) is 2.97. The van der Waals surface area contributed by atoms with Gasteiger partial charge >= 0.3 is 6.09 Å². The molecule has 2 N–H and O–H groups in total. The molecule has 0 aliphatic rings. The predicted octanol–water partition coefficient (Wildman–Crippen LogP) is 2.86. The van der Waals surface area contributed by atoms with Crippen molar-refractivity contribution in [1.29, 1.82) is 0 Å². The van der Waals surface area contributed by atoms with Crippen molar-refractivity contribution in [3.8, 4) is 11.5 Å². The molecule has 2 amide bonds. The zero-order valence-corrected chi connectivity index (χ0v) is 18.3. The van der Waals surface area contributed by atoms with Crippen molar-refractivity contribution in [2.45, 2.75) is 25.4 Å². The zero-order chi connectivity index (χ0) is 22.6. The standard InChI is InChI=1S/C23H30N2O6/c1-16(18-10-11-20(21(15-18)29-3)31-13-12-28-2)24-22(26)19(25-23(27)30-4)14-17-8-6-5-7-9-17/h5-11,15-16,19H,12-14H2,1-4H3,(H,24,26)(H,25,27). The number of alkyl carbamates (subject to hydrolysis) is 1. The Kier molecular flexibility index (Phi) is 9.64. The number of benzene rings is 2. The number of rotatable bonds is 11. The molecule has 2 atom stereocenters. The van der Waals surface area contributed by atoms with E-state index in [4.69, 9.17) is 14.2 Å². The summed E-state index contributed by atoms with van der Waals surface area (Å²) in [5.74, 6) is 0.834. The van der Waals surface area contributed by atoms with Gasteiger partial charge in [0.2, 0.25) is 5.91 Å². The minimum Gasteiger partial charge on any atom is -0.493 e. The molecule has 168 valence electrons. The summed E-state index contributed by atoms with van der Waals surface area (Å²) in [6, 6.07) is 13.8. The van der Waals surface area contributed by atoms with Gasteiger partial charge in [0.15, 0.2) is 11.5 Å². The van der Waals surface area contributed by atoms with E-state index in [9.17, 15) is 9.59 Å². The number of ether oxygens (including phenoxy) is 4. The Labute approximate surface area is 182 Å². The maximum atomic E-state index is 12.9. The molecule has 0 aliphatic carbocycles. The van der Waals surface area contributed by atoms with E-state index in [-0.39, 0.29) is 11.9 Å². The molecule has 2 aromatic rings. The second kappa shape index (κ2) is 12.4. The smallest absolute Gasteiger partial charge is 0.407 e. The Morgan fingerprint density at radius 1 is 0.935 bits per heavy atom. The van der Waals surface area contributed by atoms with E-state index in [1.165, 1.54) is 7.11 Å². The summed E-state index contributed by atoms with van der Waals surface area (Å²) in [7, 11) is 4.42. The Balaban J connectivity index is 2.10. The van der Waals surface area contributed by atoms with Gasteiger partial charge in [0.25, 0.3) is 0 Å². The molecule has 0 heterocycles. The molecule has 0 radical (unpaired) electrons. The average molecular weight is 431 g/mol. The average Bonchev–Trinajstić information content (AvgIpc) is 2.79. The molecule has 0 spiro atoms. The van der Waals surface area contributed by atoms with E-state index in [1.54, 1.807) is 20.3 Å². The molecule has 2 rings (SSSR count). The molecule has 0 saturated carbocycles. The van der Waals surface area contributed by atoms with Crippen LogP contribution in [-0.2, 0) is 20.7 Å². The summed E-state index contributed by atoms with van der Waals surface area (Å²) >= 11 is 0. The monoisotopic (exact) mass is 430 g/mol. The number of hydrogen-bond acceptors (Lipinski definition) is 6. The maximum absolute atomic E-state index is 12.9. The Morgan fingerprint density at radius 2 is 1.68 bits per heavy atom. The molecule has 2 aromatic carbocycles. The summed E-state index contributed by atoms with van der Waals surface area (Å²) in [4.78, 5) is 24.7. The number of amides is 2. The normalized spacial score (nSPS) is 12.4. The van der Waals surface area contributed by atoms with Gasteiger partial charge in [-0.25, -0.2) is 4.79 Å². The van der Waals surface area contributed by atoms with E-state index >= 15 is 0 Å². The van der Waals surface area contributed by atoms with Crippen LogP contribution < -0.4 is 20.1 Å². The van der Waals surface area contributed by atoms with Crippen molar-refractivity contribution in [1.82, 2.24) is 10.6 Å². The van der Waals surface area contributed by atoms with Crippen LogP contribution in [0, 0.1) is 0 Å². The molecule has 31 heavy (non-hydrogen) atoms. The van der Waals surface area contributed by atoms with Crippen molar-refractivity contribution in [2.75, 3.05) is 34.5 Å². The number of carbonyl (C=O) groups is 2. The first-order chi connectivity index (χ1) is 15.0. The van der Waals surface area contributed by atoms with Crippen LogP contribution in [0.5, 0.6) is 11.5 Å². The van der Waals surface area contributed by atoms with Crippen LogP contribution in [0.1, 0.15) is 24.1 Å². The second-order valence-corrected chi connectivity index (χ2v) is 6.86. The molecule has 0 aromatic heterocycles. The van der Waals surface area contributed by atoms with E-state index < -0.39 is 12.1 Å². The fourth-order valence-corrected chi connectivity index (χ4v) is 2.97. The maximum Gasteiger partial charge on any atom is 0.407 e. The Morgan fingerprint density at radius 3 is 2.32 bits per heavy atom. The van der Waals surface area contributed by atoms with Crippen molar-refractivity contribution < 1.29 is 28.5 Å². The van der Waals surface area contributed by atoms with Crippen LogP contribution in [0.25, 0.3) is 0 Å². The number of nitrogens with one attached hydrogen (secondary N) is 2. The van der Waals surface area contributed by atoms with Gasteiger partial charge in [0, 0.05) is 13.5 Å². The van der Waals surface area contributed by atoms with E-state index in [1.807, 2.05) is 49.4 Å². The van der Waals surface area contributed by atoms with Gasteiger partial charge in [-0.15, -0.1) is 0 Å². The number of hydrogen-bond donors (Lipinski definition) is 2. The van der Waals surface area contributed by atoms with Gasteiger partial charge in [-0.05, 0) is 30.2 Å². The topological polar surface area (TPSA) is 95.1 Å². The lowest BCUT2D eigenvalue weighted by Crippen LogP contribution is -2.48. The highest BCUT2D eigenvalue weighted by Crippen LogP contribution is 2.30. The quantitative estimate of drug-likeness (QED) is 0.533. The summed E-state index contributed by atoms with van der Waals surface area (Å²) in [6.07, 6.45) is -0.327. The first kappa shape index (κ1) is 24.0. The van der Waals surface area contributed by atoms with Gasteiger partial charge in [-0.3, -0.25) is 4.79 Å². The third kappa shape index (κ3) is 7.49. The van der Waals surface area contributed by atoms with Crippen LogP contribution in [0.2, 0.25) is 0 Å². The minimum atomic E-state index is -0.782. The molecule has 8 heteroatoms. The Bertz CT molecular complexity index is 843. The van der Waals surface area contributed by atoms with Gasteiger partial charge in [-0.2, -0.15) is 0 Å². The van der Waals surface area contributed by atoms with Gasteiger partial charge in [-0.1, -0.05) is 36.4 Å². The van der Waals surface area contributed by atoms with Crippen molar-refractivity contribution in [3.05, 3.63) is 59.7 Å². The van der Waals surface area contributed by atoms with E-state index in [0.29, 0.717) is 31.1 Å². The lowest BCUT2D eigenvalue weighted by atomic mass is 10.0. The van der Waals surface area contributed by atoms with Crippen molar-refractivity contribution >= 4 is 12.0 Å². The lowest BCUT2D eigenvalue weighted by Gasteiger charge is -2.22. The van der Waals surface area contributed by atoms with E-state index in [0.717, 1.165) is 11.1 Å². The summed E-state index contributed by atoms with van der Waals surface area (Å²) in [6.45, 7) is 2.72. The van der Waals surface area contributed by atoms with Crippen molar-refractivity contribution in [2.24, 2.45) is 0 Å². The summed E-state index contributed by atoms with van der Waals surface area (Å²) in [5, 5.41) is 5.55. The zero-order valence-electron chi connectivity index (χ0n) is 18.3. The highest BCUT2D eigenvalue weighted by molar-refractivity contribution is 5.86. The molecular formula is C23H30N2O6. The summed E-state index contributed by atoms with van der Waals surface area (Å²) in [5.41, 5.74) is 1.76. The lowest BCUT2D eigenvalue weighted by molar-refractivity contribution is -0.123. The third-order valence-electron chi connectivity index (χ3n) is 4.67. The van der Waals surface area contributed by atoms with Crippen LogP contribution in [0.4, 0.5) is 4.79 Å². The van der Waals surface area contributed by atoms with Crippen molar-refractivity contribution in [3.63, 3.8) is 0 Å². The number of methoxy groups -OCH3 is 3. The molecule has 0 saturated heterocycles. The predicted molar refractivity (Wildman–Crippen MR) is 116 cm³/mol. The summed E-state index contributed by atoms with van der Waals surface area (Å²) < 4.78 is 20.7. The van der Waals surface area contributed by atoms with Crippen LogP contribution in [0.3, 0.4) is 0 Å². The van der Waals surface area contributed by atoms with Crippen LogP contribution in [0.15, 0.2) is 48.5 Å². The van der Waals surface area contributed by atoms with E-state index in [2.05, 4.69) is 15.4 Å². The SMILES string of the molecule is COCCOc1ccc(C(C)NC(=O)C(Cc2ccccc2)NC(=O)OC)cc1OC. The van der Waals surface area contributed by atoms with Gasteiger partial charge in [0.05, 0.1) is 26.9 Å². The fraction of sp³-hybridized carbons (Fsp3) is 0.391. The molecule has 8 nitrogen and oxygen atoms in total. The molecule has 0 fully saturated rings. The molecular weight excluding hydrogens is 400 g/mol. The third-order valence-corrected chi connectivity index (χ3v) is 4.67. The molecule has 2 unspecified atom stereocenters. The van der Waals surface area contributed by atoms with Crippen LogP contribution in [-0.4, -0.2) is 52.6 Å². The molecule has 0 aliphatic heterocycles. The minimum absolute atomic E-state index is 0.318. The molecule has 0 bridgehead atoms. The number of carbonyl (C=O) groups excluding carboxylic acids is 2. The highest BCUT2D eigenvalue weighted by Gasteiger charge is 2.23. The first-order valence-corrected chi connectivity index (χ1v) is 9.97. The first-order valence-electron chi connectivity index (χ1n) is 9.97. The Hall–Kier alpha value is -3.26. The largest absolute Gasteiger partial charge is 0.493 e. The highest BCUT2D eigenvalue weighted by atomic mass is 16.5. The van der Waals surface area contributed by atoms with Gasteiger partial charge < -0.3 is 29.6 Å².